The Morgan fingerprint density at radius 2 is 1.70 bits per heavy atom. The zero-order valence-corrected chi connectivity index (χ0v) is 18.8. The quantitative estimate of drug-likeness (QED) is 0.677. The van der Waals surface area contributed by atoms with E-state index in [1.54, 1.807) is 30.1 Å². The molecule has 0 saturated carbocycles. The Balaban J connectivity index is 1.59. The predicted octanol–water partition coefficient (Wildman–Crippen LogP) is 3.62. The molecule has 1 saturated heterocycles. The number of rotatable bonds is 3. The molecule has 0 atom stereocenters. The van der Waals surface area contributed by atoms with Crippen molar-refractivity contribution in [2.45, 2.75) is 18.7 Å². The number of anilines is 2. The lowest BCUT2D eigenvalue weighted by Gasteiger charge is -2.35. The molecule has 2 heterocycles. The molecule has 0 radical (unpaired) electrons. The third kappa shape index (κ3) is 3.51. The van der Waals surface area contributed by atoms with Crippen LogP contribution in [0.5, 0.6) is 0 Å². The van der Waals surface area contributed by atoms with Crippen molar-refractivity contribution in [1.29, 1.82) is 0 Å². The molecule has 30 heavy (non-hydrogen) atoms. The maximum absolute atomic E-state index is 13.3. The molecule has 2 aromatic rings. The second kappa shape index (κ2) is 7.72. The van der Waals surface area contributed by atoms with E-state index in [1.807, 2.05) is 38.1 Å². The van der Waals surface area contributed by atoms with Gasteiger partial charge in [-0.25, -0.2) is 8.42 Å². The largest absolute Gasteiger partial charge is 0.369 e. The lowest BCUT2D eigenvalue weighted by Crippen LogP contribution is -2.48. The minimum absolute atomic E-state index is 0.102. The maximum Gasteiger partial charge on any atom is 0.258 e. The van der Waals surface area contributed by atoms with Crippen LogP contribution in [0.15, 0.2) is 52.9 Å². The molecule has 2 aromatic carbocycles. The first-order chi connectivity index (χ1) is 14.2. The first-order valence-corrected chi connectivity index (χ1v) is 11.6. The van der Waals surface area contributed by atoms with E-state index in [-0.39, 0.29) is 10.8 Å². The van der Waals surface area contributed by atoms with Crippen molar-refractivity contribution in [3.8, 4) is 0 Å². The van der Waals surface area contributed by atoms with Gasteiger partial charge in [0, 0.05) is 55.1 Å². The molecule has 0 aromatic heterocycles. The Hall–Kier alpha value is -2.35. The van der Waals surface area contributed by atoms with Gasteiger partial charge >= 0.3 is 0 Å². The minimum Gasteiger partial charge on any atom is -0.369 e. The topological polar surface area (TPSA) is 60.9 Å². The number of hydrogen-bond acceptors (Lipinski definition) is 4. The van der Waals surface area contributed by atoms with E-state index in [9.17, 15) is 13.2 Å². The fourth-order valence-corrected chi connectivity index (χ4v) is 5.69. The lowest BCUT2D eigenvalue weighted by molar-refractivity contribution is -0.112. The van der Waals surface area contributed by atoms with Gasteiger partial charge in [0.05, 0.1) is 10.6 Å². The van der Waals surface area contributed by atoms with Crippen LogP contribution in [0.3, 0.4) is 0 Å². The van der Waals surface area contributed by atoms with Crippen LogP contribution >= 0.6 is 11.6 Å². The third-order valence-electron chi connectivity index (χ3n) is 5.67. The summed E-state index contributed by atoms with van der Waals surface area (Å²) in [7, 11) is -1.94. The summed E-state index contributed by atoms with van der Waals surface area (Å²) in [5, 5.41) is 0.662. The smallest absolute Gasteiger partial charge is 0.258 e. The summed E-state index contributed by atoms with van der Waals surface area (Å²) >= 11 is 6.08. The summed E-state index contributed by atoms with van der Waals surface area (Å²) in [6.45, 7) is 5.69. The number of likely N-dealkylation sites (N-methyl/N-ethyl adjacent to an activating group) is 1. The summed E-state index contributed by atoms with van der Waals surface area (Å²) < 4.78 is 28.1. The standard InChI is InChI=1S/C22H24ClN3O3S/c1-15(2)21-19-14-18(7-8-20(19)24(3)22(21)27)30(28,29)26-11-9-25(10-12-26)17-6-4-5-16(23)13-17/h4-8,13-14H,9-12H2,1-3H3. The van der Waals surface area contributed by atoms with Crippen molar-refractivity contribution in [3.63, 3.8) is 0 Å². The van der Waals surface area contributed by atoms with E-state index in [0.29, 0.717) is 42.3 Å². The number of sulfonamides is 1. The molecule has 1 fully saturated rings. The van der Waals surface area contributed by atoms with E-state index >= 15 is 0 Å². The van der Waals surface area contributed by atoms with Gasteiger partial charge in [0.2, 0.25) is 10.0 Å². The summed E-state index contributed by atoms with van der Waals surface area (Å²) in [5.74, 6) is -0.102. The van der Waals surface area contributed by atoms with Crippen LogP contribution in [0.4, 0.5) is 11.4 Å². The van der Waals surface area contributed by atoms with Gasteiger partial charge in [-0.05, 0) is 50.2 Å². The van der Waals surface area contributed by atoms with E-state index in [0.717, 1.165) is 16.9 Å². The van der Waals surface area contributed by atoms with Crippen molar-refractivity contribution < 1.29 is 13.2 Å². The second-order valence-corrected chi connectivity index (χ2v) is 10.2. The van der Waals surface area contributed by atoms with Crippen LogP contribution < -0.4 is 9.80 Å². The molecule has 0 unspecified atom stereocenters. The van der Waals surface area contributed by atoms with Crippen LogP contribution in [0.2, 0.25) is 5.02 Å². The van der Waals surface area contributed by atoms with E-state index in [1.165, 1.54) is 4.31 Å². The second-order valence-electron chi connectivity index (χ2n) is 7.79. The fourth-order valence-electron chi connectivity index (χ4n) is 4.05. The first-order valence-electron chi connectivity index (χ1n) is 9.81. The summed E-state index contributed by atoms with van der Waals surface area (Å²) in [4.78, 5) is 16.5. The van der Waals surface area contributed by atoms with Gasteiger partial charge in [-0.2, -0.15) is 4.31 Å². The molecule has 158 valence electrons. The molecule has 0 bridgehead atoms. The van der Waals surface area contributed by atoms with E-state index < -0.39 is 10.0 Å². The monoisotopic (exact) mass is 445 g/mol. The maximum atomic E-state index is 13.3. The highest BCUT2D eigenvalue weighted by Crippen LogP contribution is 2.39. The number of fused-ring (bicyclic) bond motifs is 1. The van der Waals surface area contributed by atoms with Crippen molar-refractivity contribution in [1.82, 2.24) is 4.31 Å². The third-order valence-corrected chi connectivity index (χ3v) is 7.80. The fraction of sp³-hybridized carbons (Fsp3) is 0.318. The number of allylic oxidation sites excluding steroid dienone is 1. The molecule has 1 amide bonds. The van der Waals surface area contributed by atoms with Crippen LogP contribution in [0.25, 0.3) is 5.57 Å². The van der Waals surface area contributed by atoms with E-state index in [4.69, 9.17) is 11.6 Å². The number of amides is 1. The number of benzene rings is 2. The Bertz CT molecular complexity index is 1150. The van der Waals surface area contributed by atoms with Crippen LogP contribution in [0.1, 0.15) is 19.4 Å². The number of carbonyl (C=O) groups is 1. The average Bonchev–Trinajstić information content (AvgIpc) is 2.98. The molecular weight excluding hydrogens is 422 g/mol. The van der Waals surface area contributed by atoms with Crippen LogP contribution in [0, 0.1) is 0 Å². The van der Waals surface area contributed by atoms with Gasteiger partial charge in [-0.3, -0.25) is 4.79 Å². The lowest BCUT2D eigenvalue weighted by atomic mass is 10.0. The molecule has 0 N–H and O–H groups in total. The number of nitrogens with zero attached hydrogens (tertiary/aromatic N) is 3. The molecule has 4 rings (SSSR count). The van der Waals surface area contributed by atoms with Crippen molar-refractivity contribution in [2.24, 2.45) is 0 Å². The van der Waals surface area contributed by atoms with Crippen molar-refractivity contribution in [3.05, 3.63) is 58.6 Å². The number of carbonyl (C=O) groups excluding carboxylic acids is 1. The number of piperazine rings is 1. The zero-order valence-electron chi connectivity index (χ0n) is 17.2. The molecule has 0 aliphatic carbocycles. The van der Waals surface area contributed by atoms with E-state index in [2.05, 4.69) is 4.90 Å². The summed E-state index contributed by atoms with van der Waals surface area (Å²) in [6.07, 6.45) is 0. The highest BCUT2D eigenvalue weighted by Gasteiger charge is 2.34. The van der Waals surface area contributed by atoms with Gasteiger partial charge in [0.25, 0.3) is 5.91 Å². The minimum atomic E-state index is -3.65. The molecule has 2 aliphatic heterocycles. The molecule has 8 heteroatoms. The van der Waals surface area contributed by atoms with Gasteiger partial charge in [0.15, 0.2) is 0 Å². The molecular formula is C22H24ClN3O3S. The van der Waals surface area contributed by atoms with Crippen LogP contribution in [-0.2, 0) is 14.8 Å². The van der Waals surface area contributed by atoms with Crippen molar-refractivity contribution in [2.75, 3.05) is 43.0 Å². The molecule has 6 nitrogen and oxygen atoms in total. The summed E-state index contributed by atoms with van der Waals surface area (Å²) in [5.41, 5.74) is 3.86. The van der Waals surface area contributed by atoms with Crippen LogP contribution in [-0.4, -0.2) is 51.9 Å². The summed E-state index contributed by atoms with van der Waals surface area (Å²) in [6, 6.07) is 12.5. The Morgan fingerprint density at radius 1 is 1.00 bits per heavy atom. The normalized spacial score (nSPS) is 17.5. The highest BCUT2D eigenvalue weighted by atomic mass is 35.5. The zero-order chi connectivity index (χ0) is 21.6. The molecule has 0 spiro atoms. The van der Waals surface area contributed by atoms with Gasteiger partial charge in [0.1, 0.15) is 0 Å². The van der Waals surface area contributed by atoms with Gasteiger partial charge in [-0.1, -0.05) is 23.2 Å². The highest BCUT2D eigenvalue weighted by molar-refractivity contribution is 7.89. The number of halogens is 1. The Morgan fingerprint density at radius 3 is 2.33 bits per heavy atom. The Labute approximate surface area is 182 Å². The average molecular weight is 446 g/mol. The predicted molar refractivity (Wildman–Crippen MR) is 121 cm³/mol. The van der Waals surface area contributed by atoms with Gasteiger partial charge < -0.3 is 9.80 Å². The number of hydrogen-bond donors (Lipinski definition) is 0. The Kier molecular flexibility index (Phi) is 5.38. The first kappa shape index (κ1) is 20.9. The van der Waals surface area contributed by atoms with Crippen molar-refractivity contribution >= 4 is 44.5 Å². The van der Waals surface area contributed by atoms with Gasteiger partial charge in [-0.15, -0.1) is 0 Å². The SMILES string of the molecule is CC(C)=C1C(=O)N(C)c2ccc(S(=O)(=O)N3CCN(c4cccc(Cl)c4)CC3)cc21. The molecule has 2 aliphatic rings.